The summed E-state index contributed by atoms with van der Waals surface area (Å²) in [5, 5.41) is 10.8. The van der Waals surface area contributed by atoms with Crippen LogP contribution in [-0.4, -0.2) is 44.0 Å². The van der Waals surface area contributed by atoms with Gasteiger partial charge in [0.25, 0.3) is 10.0 Å². The van der Waals surface area contributed by atoms with E-state index in [4.69, 9.17) is 5.11 Å². The summed E-state index contributed by atoms with van der Waals surface area (Å²) >= 11 is 1.15. The molecule has 1 heterocycles. The minimum Gasteiger partial charge on any atom is -0.395 e. The van der Waals surface area contributed by atoms with Crippen LogP contribution in [0, 0.1) is 0 Å². The van der Waals surface area contributed by atoms with Gasteiger partial charge in [0.15, 0.2) is 0 Å². The van der Waals surface area contributed by atoms with Crippen LogP contribution in [0.25, 0.3) is 0 Å². The van der Waals surface area contributed by atoms with E-state index in [9.17, 15) is 13.2 Å². The van der Waals surface area contributed by atoms with Crippen molar-refractivity contribution in [3.05, 3.63) is 47.3 Å². The number of nitrogens with zero attached hydrogens (tertiary/aromatic N) is 1. The Hall–Kier alpha value is -1.90. The standard InChI is InChI=1S/C18H24N2O4S2/c1-2-3-10-20(11-12-21)17(22)14-15-6-8-16(9-7-15)19-26(23,24)18-5-4-13-25-18/h4-9,13,19,21H,2-3,10-12,14H2,1H3. The molecule has 142 valence electrons. The maximum absolute atomic E-state index is 12.4. The Balaban J connectivity index is 1.99. The van der Waals surface area contributed by atoms with Gasteiger partial charge < -0.3 is 10.0 Å². The lowest BCUT2D eigenvalue weighted by molar-refractivity contribution is -0.131. The van der Waals surface area contributed by atoms with Crippen molar-refractivity contribution in [2.24, 2.45) is 0 Å². The van der Waals surface area contributed by atoms with Gasteiger partial charge in [0.05, 0.1) is 13.0 Å². The topological polar surface area (TPSA) is 86.7 Å². The first-order valence-electron chi connectivity index (χ1n) is 8.50. The maximum atomic E-state index is 12.4. The summed E-state index contributed by atoms with van der Waals surface area (Å²) in [6, 6.07) is 10.0. The highest BCUT2D eigenvalue weighted by atomic mass is 32.2. The summed E-state index contributed by atoms with van der Waals surface area (Å²) in [6.07, 6.45) is 2.10. The SMILES string of the molecule is CCCCN(CCO)C(=O)Cc1ccc(NS(=O)(=O)c2cccs2)cc1. The molecule has 0 aliphatic heterocycles. The fourth-order valence-corrected chi connectivity index (χ4v) is 4.48. The lowest BCUT2D eigenvalue weighted by Crippen LogP contribution is -2.35. The van der Waals surface area contributed by atoms with Gasteiger partial charge in [0.1, 0.15) is 4.21 Å². The molecule has 0 fully saturated rings. The molecule has 2 rings (SSSR count). The number of sulfonamides is 1. The van der Waals surface area contributed by atoms with Crippen molar-refractivity contribution in [1.29, 1.82) is 0 Å². The molecule has 1 aromatic carbocycles. The number of anilines is 1. The van der Waals surface area contributed by atoms with Gasteiger partial charge in [0.2, 0.25) is 5.91 Å². The molecule has 0 bridgehead atoms. The van der Waals surface area contributed by atoms with Gasteiger partial charge in [-0.05, 0) is 35.6 Å². The van der Waals surface area contributed by atoms with Gasteiger partial charge in [-0.15, -0.1) is 11.3 Å². The van der Waals surface area contributed by atoms with E-state index in [0.717, 1.165) is 29.7 Å². The van der Waals surface area contributed by atoms with Gasteiger partial charge in [-0.25, -0.2) is 8.42 Å². The summed E-state index contributed by atoms with van der Waals surface area (Å²) in [5.41, 5.74) is 1.25. The third-order valence-corrected chi connectivity index (χ3v) is 6.60. The van der Waals surface area contributed by atoms with Crippen molar-refractivity contribution in [3.8, 4) is 0 Å². The van der Waals surface area contributed by atoms with Crippen LogP contribution in [-0.2, 0) is 21.2 Å². The second-order valence-corrected chi connectivity index (χ2v) is 8.73. The van der Waals surface area contributed by atoms with E-state index in [2.05, 4.69) is 11.6 Å². The predicted molar refractivity (Wildman–Crippen MR) is 104 cm³/mol. The van der Waals surface area contributed by atoms with Crippen molar-refractivity contribution in [1.82, 2.24) is 4.90 Å². The van der Waals surface area contributed by atoms with Crippen molar-refractivity contribution < 1.29 is 18.3 Å². The van der Waals surface area contributed by atoms with Crippen LogP contribution in [0.15, 0.2) is 46.0 Å². The van der Waals surface area contributed by atoms with E-state index in [0.29, 0.717) is 18.8 Å². The first-order valence-corrected chi connectivity index (χ1v) is 10.9. The summed E-state index contributed by atoms with van der Waals surface area (Å²) < 4.78 is 27.2. The molecule has 1 amide bonds. The molecule has 0 atom stereocenters. The lowest BCUT2D eigenvalue weighted by Gasteiger charge is -2.21. The van der Waals surface area contributed by atoms with Crippen LogP contribution in [0.3, 0.4) is 0 Å². The molecule has 2 N–H and O–H groups in total. The van der Waals surface area contributed by atoms with Crippen LogP contribution in [0.1, 0.15) is 25.3 Å². The Morgan fingerprint density at radius 3 is 2.50 bits per heavy atom. The highest BCUT2D eigenvalue weighted by Gasteiger charge is 2.16. The normalized spacial score (nSPS) is 11.3. The van der Waals surface area contributed by atoms with Gasteiger partial charge in [-0.3, -0.25) is 9.52 Å². The zero-order valence-corrected chi connectivity index (χ0v) is 16.4. The molecule has 6 nitrogen and oxygen atoms in total. The number of aliphatic hydroxyl groups excluding tert-OH is 1. The molecule has 0 aliphatic rings. The number of carbonyl (C=O) groups is 1. The minimum atomic E-state index is -3.57. The van der Waals surface area contributed by atoms with Crippen LogP contribution in [0.2, 0.25) is 0 Å². The average Bonchev–Trinajstić information content (AvgIpc) is 3.15. The molecule has 0 unspecified atom stereocenters. The Bertz CT molecular complexity index is 787. The van der Waals surface area contributed by atoms with Crippen LogP contribution >= 0.6 is 11.3 Å². The molecule has 8 heteroatoms. The predicted octanol–water partition coefficient (Wildman–Crippen LogP) is 2.71. The van der Waals surface area contributed by atoms with Gasteiger partial charge in [-0.1, -0.05) is 31.5 Å². The van der Waals surface area contributed by atoms with Crippen molar-refractivity contribution >= 4 is 33.0 Å². The highest BCUT2D eigenvalue weighted by Crippen LogP contribution is 2.20. The first kappa shape index (κ1) is 20.4. The summed E-state index contributed by atoms with van der Waals surface area (Å²) in [6.45, 7) is 2.96. The van der Waals surface area contributed by atoms with Gasteiger partial charge in [0, 0.05) is 18.8 Å². The number of thiophene rings is 1. The molecule has 0 saturated heterocycles. The smallest absolute Gasteiger partial charge is 0.271 e. The molecular formula is C18H24N2O4S2. The third-order valence-electron chi connectivity index (χ3n) is 3.83. The zero-order valence-electron chi connectivity index (χ0n) is 14.7. The summed E-state index contributed by atoms with van der Waals surface area (Å²) in [4.78, 5) is 14.0. The van der Waals surface area contributed by atoms with Crippen molar-refractivity contribution in [3.63, 3.8) is 0 Å². The second kappa shape index (κ2) is 9.70. The first-order chi connectivity index (χ1) is 12.5. The summed E-state index contributed by atoms with van der Waals surface area (Å²) in [7, 11) is -3.57. The number of hydrogen-bond donors (Lipinski definition) is 2. The second-order valence-electron chi connectivity index (χ2n) is 5.87. The molecule has 0 radical (unpaired) electrons. The fourth-order valence-electron chi connectivity index (χ4n) is 2.43. The Morgan fingerprint density at radius 2 is 1.92 bits per heavy atom. The number of hydrogen-bond acceptors (Lipinski definition) is 5. The van der Waals surface area contributed by atoms with E-state index in [-0.39, 0.29) is 23.1 Å². The van der Waals surface area contributed by atoms with E-state index in [1.807, 2.05) is 0 Å². The van der Waals surface area contributed by atoms with Gasteiger partial charge in [-0.2, -0.15) is 0 Å². The van der Waals surface area contributed by atoms with Crippen molar-refractivity contribution in [2.45, 2.75) is 30.4 Å². The monoisotopic (exact) mass is 396 g/mol. The number of carbonyl (C=O) groups excluding carboxylic acids is 1. The number of amides is 1. The molecule has 26 heavy (non-hydrogen) atoms. The molecule has 1 aromatic heterocycles. The van der Waals surface area contributed by atoms with E-state index < -0.39 is 10.0 Å². The largest absolute Gasteiger partial charge is 0.395 e. The van der Waals surface area contributed by atoms with Crippen LogP contribution in [0.4, 0.5) is 5.69 Å². The van der Waals surface area contributed by atoms with Crippen LogP contribution in [0.5, 0.6) is 0 Å². The van der Waals surface area contributed by atoms with Crippen molar-refractivity contribution in [2.75, 3.05) is 24.4 Å². The number of nitrogens with one attached hydrogen (secondary N) is 1. The molecule has 0 saturated carbocycles. The van der Waals surface area contributed by atoms with Crippen LogP contribution < -0.4 is 4.72 Å². The highest BCUT2D eigenvalue weighted by molar-refractivity contribution is 7.94. The summed E-state index contributed by atoms with van der Waals surface area (Å²) in [5.74, 6) is -0.0422. The Labute approximate surface area is 158 Å². The van der Waals surface area contributed by atoms with E-state index >= 15 is 0 Å². The molecular weight excluding hydrogens is 372 g/mol. The Morgan fingerprint density at radius 1 is 1.19 bits per heavy atom. The number of benzene rings is 1. The molecule has 0 spiro atoms. The van der Waals surface area contributed by atoms with E-state index in [1.165, 1.54) is 0 Å². The number of aliphatic hydroxyl groups is 1. The van der Waals surface area contributed by atoms with E-state index in [1.54, 1.807) is 46.7 Å². The average molecular weight is 397 g/mol. The third kappa shape index (κ3) is 5.82. The number of unbranched alkanes of at least 4 members (excludes halogenated alkanes) is 1. The minimum absolute atomic E-state index is 0.0422. The lowest BCUT2D eigenvalue weighted by atomic mass is 10.1. The number of rotatable bonds is 10. The van der Waals surface area contributed by atoms with Gasteiger partial charge >= 0.3 is 0 Å². The maximum Gasteiger partial charge on any atom is 0.271 e. The fraction of sp³-hybridized carbons (Fsp3) is 0.389. The Kier molecular flexibility index (Phi) is 7.62. The zero-order chi connectivity index (χ0) is 19.0. The molecule has 2 aromatic rings. The molecule has 0 aliphatic carbocycles. The quantitative estimate of drug-likeness (QED) is 0.646.